The highest BCUT2D eigenvalue weighted by molar-refractivity contribution is 7.80. The number of halogens is 2. The quantitative estimate of drug-likeness (QED) is 0.826. The Labute approximate surface area is 111 Å². The molecule has 0 spiro atoms. The Morgan fingerprint density at radius 1 is 1.44 bits per heavy atom. The first-order valence-corrected chi connectivity index (χ1v) is 6.25. The molecular formula is C13H16F2N2S. The summed E-state index contributed by atoms with van der Waals surface area (Å²) in [6.07, 6.45) is 1.11. The lowest BCUT2D eigenvalue weighted by atomic mass is 10.1. The van der Waals surface area contributed by atoms with Gasteiger partial charge in [0, 0.05) is 12.1 Å². The Kier molecular flexibility index (Phi) is 3.27. The zero-order valence-corrected chi connectivity index (χ0v) is 11.2. The molecule has 0 radical (unpaired) electrons. The van der Waals surface area contributed by atoms with E-state index in [9.17, 15) is 8.78 Å². The molecule has 1 unspecified atom stereocenters. The zero-order valence-electron chi connectivity index (χ0n) is 10.4. The summed E-state index contributed by atoms with van der Waals surface area (Å²) in [7, 11) is 0. The van der Waals surface area contributed by atoms with Gasteiger partial charge in [0.25, 0.3) is 0 Å². The van der Waals surface area contributed by atoms with Gasteiger partial charge in [-0.15, -0.1) is 0 Å². The fraction of sp³-hybridized carbons (Fsp3) is 0.462. The van der Waals surface area contributed by atoms with Gasteiger partial charge in [0.2, 0.25) is 0 Å². The molecular weight excluding hydrogens is 254 g/mol. The fourth-order valence-corrected chi connectivity index (χ4v) is 2.19. The van der Waals surface area contributed by atoms with Gasteiger partial charge < -0.3 is 11.1 Å². The average molecular weight is 270 g/mol. The number of benzene rings is 1. The Morgan fingerprint density at radius 3 is 2.56 bits per heavy atom. The van der Waals surface area contributed by atoms with Gasteiger partial charge in [0.05, 0.1) is 5.69 Å². The lowest BCUT2D eigenvalue weighted by Gasteiger charge is -2.11. The van der Waals surface area contributed by atoms with E-state index in [4.69, 9.17) is 5.73 Å². The minimum atomic E-state index is -0.984. The van der Waals surface area contributed by atoms with Crippen LogP contribution in [0.4, 0.5) is 14.5 Å². The molecule has 2 nitrogen and oxygen atoms in total. The molecule has 0 saturated heterocycles. The summed E-state index contributed by atoms with van der Waals surface area (Å²) in [4.78, 5) is -0.138. The minimum absolute atomic E-state index is 0.0557. The molecule has 0 bridgehead atoms. The lowest BCUT2D eigenvalue weighted by Crippen LogP contribution is -2.15. The fourth-order valence-electron chi connectivity index (χ4n) is 2.03. The molecule has 1 saturated carbocycles. The Balaban J connectivity index is 2.10. The first-order valence-electron chi connectivity index (χ1n) is 5.84. The zero-order chi connectivity index (χ0) is 13.5. The maximum absolute atomic E-state index is 13.7. The number of thiocarbonyl (C=S) groups is 1. The summed E-state index contributed by atoms with van der Waals surface area (Å²) in [6.45, 7) is 4.97. The van der Waals surface area contributed by atoms with Crippen LogP contribution in [-0.2, 0) is 0 Å². The van der Waals surface area contributed by atoms with Crippen LogP contribution in [0.15, 0.2) is 12.1 Å². The standard InChI is InChI=1S/C13H16F2N2S/c1-13(2)5-7(13)6-17-9-4-3-8(12(16)18)10(14)11(9)15/h3-4,7,17H,5-6H2,1-2H3,(H2,16,18). The highest BCUT2D eigenvalue weighted by Crippen LogP contribution is 2.51. The average Bonchev–Trinajstić information content (AvgIpc) is 2.88. The summed E-state index contributed by atoms with van der Waals surface area (Å²) < 4.78 is 27.4. The number of anilines is 1. The molecule has 0 aromatic heterocycles. The van der Waals surface area contributed by atoms with Gasteiger partial charge in [-0.3, -0.25) is 0 Å². The number of hydrogen-bond donors (Lipinski definition) is 2. The van der Waals surface area contributed by atoms with Crippen LogP contribution in [0.25, 0.3) is 0 Å². The van der Waals surface area contributed by atoms with Crippen LogP contribution in [0.1, 0.15) is 25.8 Å². The van der Waals surface area contributed by atoms with Crippen LogP contribution in [0, 0.1) is 23.0 Å². The van der Waals surface area contributed by atoms with E-state index in [1.165, 1.54) is 12.1 Å². The lowest BCUT2D eigenvalue weighted by molar-refractivity contribution is 0.508. The number of nitrogens with two attached hydrogens (primary N) is 1. The molecule has 1 fully saturated rings. The molecule has 98 valence electrons. The Morgan fingerprint density at radius 2 is 2.06 bits per heavy atom. The Bertz CT molecular complexity index is 500. The van der Waals surface area contributed by atoms with Crippen LogP contribution < -0.4 is 11.1 Å². The van der Waals surface area contributed by atoms with Crippen molar-refractivity contribution in [3.63, 3.8) is 0 Å². The second kappa shape index (κ2) is 4.46. The first kappa shape index (κ1) is 13.2. The number of hydrogen-bond acceptors (Lipinski definition) is 2. The van der Waals surface area contributed by atoms with Crippen LogP contribution in [0.5, 0.6) is 0 Å². The van der Waals surface area contributed by atoms with Crippen molar-refractivity contribution < 1.29 is 8.78 Å². The molecule has 5 heteroatoms. The number of nitrogens with one attached hydrogen (secondary N) is 1. The van der Waals surface area contributed by atoms with Crippen molar-refractivity contribution in [3.8, 4) is 0 Å². The predicted molar refractivity (Wildman–Crippen MR) is 72.6 cm³/mol. The van der Waals surface area contributed by atoms with E-state index in [0.29, 0.717) is 17.9 Å². The van der Waals surface area contributed by atoms with Gasteiger partial charge in [-0.2, -0.15) is 0 Å². The van der Waals surface area contributed by atoms with Crippen molar-refractivity contribution in [2.75, 3.05) is 11.9 Å². The summed E-state index contributed by atoms with van der Waals surface area (Å²) >= 11 is 4.65. The maximum atomic E-state index is 13.7. The SMILES string of the molecule is CC1(C)CC1CNc1ccc(C(N)=S)c(F)c1F. The van der Waals surface area contributed by atoms with Gasteiger partial charge in [-0.05, 0) is 29.9 Å². The Hall–Kier alpha value is -1.23. The van der Waals surface area contributed by atoms with Gasteiger partial charge in [-0.25, -0.2) is 8.78 Å². The van der Waals surface area contributed by atoms with Crippen molar-refractivity contribution in [3.05, 3.63) is 29.3 Å². The normalized spacial score (nSPS) is 20.6. The van der Waals surface area contributed by atoms with E-state index in [1.807, 2.05) is 0 Å². The van der Waals surface area contributed by atoms with Crippen molar-refractivity contribution in [2.45, 2.75) is 20.3 Å². The minimum Gasteiger partial charge on any atom is -0.389 e. The summed E-state index contributed by atoms with van der Waals surface area (Å²) in [5, 5.41) is 2.94. The third-order valence-electron chi connectivity index (χ3n) is 3.60. The van der Waals surface area contributed by atoms with Gasteiger partial charge >= 0.3 is 0 Å². The monoisotopic (exact) mass is 270 g/mol. The molecule has 1 aliphatic carbocycles. The largest absolute Gasteiger partial charge is 0.389 e. The van der Waals surface area contributed by atoms with E-state index in [-0.39, 0.29) is 16.2 Å². The second-order valence-electron chi connectivity index (χ2n) is 5.42. The molecule has 1 aromatic rings. The highest BCUT2D eigenvalue weighted by Gasteiger charge is 2.45. The van der Waals surface area contributed by atoms with E-state index >= 15 is 0 Å². The van der Waals surface area contributed by atoms with E-state index in [0.717, 1.165) is 6.42 Å². The molecule has 1 atom stereocenters. The van der Waals surface area contributed by atoms with Crippen LogP contribution >= 0.6 is 12.2 Å². The maximum Gasteiger partial charge on any atom is 0.182 e. The summed E-state index contributed by atoms with van der Waals surface area (Å²) in [5.74, 6) is -1.39. The summed E-state index contributed by atoms with van der Waals surface area (Å²) in [5.41, 5.74) is 5.72. The third kappa shape index (κ3) is 2.46. The molecule has 0 aliphatic heterocycles. The third-order valence-corrected chi connectivity index (χ3v) is 3.82. The molecule has 2 rings (SSSR count). The highest BCUT2D eigenvalue weighted by atomic mass is 32.1. The van der Waals surface area contributed by atoms with Gasteiger partial charge in [0.15, 0.2) is 11.6 Å². The van der Waals surface area contributed by atoms with Crippen LogP contribution in [0.3, 0.4) is 0 Å². The van der Waals surface area contributed by atoms with E-state index in [2.05, 4.69) is 31.4 Å². The molecule has 3 N–H and O–H groups in total. The smallest absolute Gasteiger partial charge is 0.182 e. The number of rotatable bonds is 4. The van der Waals surface area contributed by atoms with Gasteiger partial charge in [0.1, 0.15) is 4.99 Å². The van der Waals surface area contributed by atoms with Crippen molar-refractivity contribution in [1.82, 2.24) is 0 Å². The molecule has 1 aliphatic rings. The van der Waals surface area contributed by atoms with Gasteiger partial charge in [-0.1, -0.05) is 26.1 Å². The molecule has 1 aromatic carbocycles. The van der Waals surface area contributed by atoms with E-state index < -0.39 is 11.6 Å². The molecule has 18 heavy (non-hydrogen) atoms. The van der Waals surface area contributed by atoms with Crippen LogP contribution in [0.2, 0.25) is 0 Å². The second-order valence-corrected chi connectivity index (χ2v) is 5.86. The van der Waals surface area contributed by atoms with E-state index in [1.54, 1.807) is 0 Å². The predicted octanol–water partition coefficient (Wildman–Crippen LogP) is 3.06. The van der Waals surface area contributed by atoms with Crippen LogP contribution in [-0.4, -0.2) is 11.5 Å². The molecule has 0 amide bonds. The molecule has 0 heterocycles. The van der Waals surface area contributed by atoms with Crippen molar-refractivity contribution in [2.24, 2.45) is 17.1 Å². The topological polar surface area (TPSA) is 38.0 Å². The van der Waals surface area contributed by atoms with Crippen molar-refractivity contribution in [1.29, 1.82) is 0 Å². The van der Waals surface area contributed by atoms with Crippen molar-refractivity contribution >= 4 is 22.9 Å². The summed E-state index contributed by atoms with van der Waals surface area (Å²) in [6, 6.07) is 2.88. The first-order chi connectivity index (χ1) is 8.33.